The van der Waals surface area contributed by atoms with Gasteiger partial charge in [-0.15, -0.1) is 0 Å². The van der Waals surface area contributed by atoms with Crippen LogP contribution in [-0.4, -0.2) is 56.2 Å². The quantitative estimate of drug-likeness (QED) is 0.393. The second-order valence-corrected chi connectivity index (χ2v) is 8.04. The molecule has 3 heterocycles. The van der Waals surface area contributed by atoms with Crippen LogP contribution in [0, 0.1) is 0 Å². The molecular weight excluding hydrogens is 395 g/mol. The number of hydrogen-bond donors (Lipinski definition) is 3. The Labute approximate surface area is 173 Å². The Morgan fingerprint density at radius 3 is 2.97 bits per heavy atom. The second kappa shape index (κ2) is 8.22. The van der Waals surface area contributed by atoms with Gasteiger partial charge in [0.2, 0.25) is 0 Å². The molecule has 2 aliphatic rings. The molecule has 0 amide bonds. The fourth-order valence-corrected chi connectivity index (χ4v) is 3.82. The zero-order chi connectivity index (χ0) is 20.4. The number of allylic oxidation sites excluding steroid dienone is 3. The molecule has 4 rings (SSSR count). The highest BCUT2D eigenvalue weighted by Crippen LogP contribution is 2.34. The second-order valence-electron chi connectivity index (χ2n) is 7.63. The molecule has 1 saturated heterocycles. The van der Waals surface area contributed by atoms with E-state index in [1.807, 2.05) is 0 Å². The van der Waals surface area contributed by atoms with E-state index in [2.05, 4.69) is 30.3 Å². The minimum atomic E-state index is -1.59. The third-order valence-electron chi connectivity index (χ3n) is 5.37. The number of imidazole rings is 1. The van der Waals surface area contributed by atoms with Crippen LogP contribution >= 0.6 is 11.6 Å². The largest absolute Gasteiger partial charge is 0.340 e. The molecule has 0 radical (unpaired) electrons. The maximum absolute atomic E-state index is 14.2. The van der Waals surface area contributed by atoms with E-state index in [0.717, 1.165) is 31.9 Å². The van der Waals surface area contributed by atoms with Gasteiger partial charge in [-0.2, -0.15) is 0 Å². The molecule has 2 aromatic heterocycles. The standard InChI is InChI=1S/C20H24ClFN6O/c1-20(22)7-4-13(12-15(20)21)24-18(27-29)14-5-8-23-19-17(14)25-16(26-19)6-11-28-9-2-3-10-28/h4-5,8,12,29H,2-3,6-7,9-11H2,1H3,(H,24,27)(H,23,25,26). The van der Waals surface area contributed by atoms with Crippen LogP contribution in [0.3, 0.4) is 0 Å². The first kappa shape index (κ1) is 20.0. The number of pyridine rings is 1. The summed E-state index contributed by atoms with van der Waals surface area (Å²) in [6.45, 7) is 4.65. The highest BCUT2D eigenvalue weighted by molar-refractivity contribution is 6.31. The van der Waals surface area contributed by atoms with Crippen LogP contribution in [0.1, 0.15) is 37.6 Å². The topological polar surface area (TPSA) is 89.4 Å². The van der Waals surface area contributed by atoms with Crippen LogP contribution in [0.2, 0.25) is 0 Å². The van der Waals surface area contributed by atoms with E-state index in [1.165, 1.54) is 25.8 Å². The Morgan fingerprint density at radius 1 is 1.45 bits per heavy atom. The van der Waals surface area contributed by atoms with Gasteiger partial charge in [-0.05, 0) is 45.0 Å². The van der Waals surface area contributed by atoms with Crippen molar-refractivity contribution in [3.05, 3.63) is 46.5 Å². The third-order valence-corrected chi connectivity index (χ3v) is 5.88. The van der Waals surface area contributed by atoms with Crippen molar-refractivity contribution in [2.75, 3.05) is 19.6 Å². The first-order valence-corrected chi connectivity index (χ1v) is 10.2. The Morgan fingerprint density at radius 2 is 2.24 bits per heavy atom. The van der Waals surface area contributed by atoms with Gasteiger partial charge in [-0.1, -0.05) is 17.7 Å². The van der Waals surface area contributed by atoms with E-state index in [9.17, 15) is 9.60 Å². The van der Waals surface area contributed by atoms with Gasteiger partial charge < -0.3 is 9.88 Å². The third kappa shape index (κ3) is 4.34. The summed E-state index contributed by atoms with van der Waals surface area (Å²) in [5.74, 6) is 1.05. The first-order chi connectivity index (χ1) is 14.0. The maximum Gasteiger partial charge on any atom is 0.178 e. The van der Waals surface area contributed by atoms with Gasteiger partial charge in [0, 0.05) is 31.1 Å². The lowest BCUT2D eigenvalue weighted by Crippen LogP contribution is -2.23. The molecule has 1 atom stereocenters. The zero-order valence-electron chi connectivity index (χ0n) is 16.3. The lowest BCUT2D eigenvalue weighted by atomic mass is 9.98. The molecule has 0 saturated carbocycles. The summed E-state index contributed by atoms with van der Waals surface area (Å²) in [7, 11) is 0. The monoisotopic (exact) mass is 418 g/mol. The predicted octanol–water partition coefficient (Wildman–Crippen LogP) is 3.46. The fraction of sp³-hybridized carbons (Fsp3) is 0.450. The highest BCUT2D eigenvalue weighted by Gasteiger charge is 2.29. The normalized spacial score (nSPS) is 23.4. The van der Waals surface area contributed by atoms with Gasteiger partial charge in [0.05, 0.1) is 16.2 Å². The number of nitrogens with one attached hydrogen (secondary N) is 2. The summed E-state index contributed by atoms with van der Waals surface area (Å²) < 4.78 is 14.2. The van der Waals surface area contributed by atoms with Gasteiger partial charge in [0.1, 0.15) is 11.5 Å². The number of rotatable bonds is 5. The minimum Gasteiger partial charge on any atom is -0.340 e. The zero-order valence-corrected chi connectivity index (χ0v) is 17.0. The minimum absolute atomic E-state index is 0.0849. The molecular formula is C20H24ClFN6O. The summed E-state index contributed by atoms with van der Waals surface area (Å²) in [6, 6.07) is 1.74. The number of fused-ring (bicyclic) bond motifs is 1. The molecule has 0 spiro atoms. The van der Waals surface area contributed by atoms with E-state index >= 15 is 0 Å². The summed E-state index contributed by atoms with van der Waals surface area (Å²) in [5, 5.41) is 9.78. The SMILES string of the molecule is CC1(F)CC=C(N=C(NO)c2ccnc3nc(CCN4CCCC4)[nH]c23)C=C1Cl. The van der Waals surface area contributed by atoms with E-state index in [4.69, 9.17) is 11.6 Å². The molecule has 9 heteroatoms. The lowest BCUT2D eigenvalue weighted by Gasteiger charge is -2.21. The van der Waals surface area contributed by atoms with E-state index in [-0.39, 0.29) is 17.3 Å². The predicted molar refractivity (Wildman–Crippen MR) is 111 cm³/mol. The molecule has 1 unspecified atom stereocenters. The molecule has 1 aliphatic heterocycles. The summed E-state index contributed by atoms with van der Waals surface area (Å²) in [5.41, 5.74) is 2.89. The Balaban J connectivity index is 1.60. The first-order valence-electron chi connectivity index (χ1n) is 9.78. The summed E-state index contributed by atoms with van der Waals surface area (Å²) in [4.78, 5) is 19.0. The van der Waals surface area contributed by atoms with Crippen LogP contribution in [0.15, 0.2) is 40.1 Å². The van der Waals surface area contributed by atoms with Crippen molar-refractivity contribution < 1.29 is 9.60 Å². The maximum atomic E-state index is 14.2. The Bertz CT molecular complexity index is 990. The van der Waals surface area contributed by atoms with Crippen molar-refractivity contribution in [3.8, 4) is 0 Å². The number of hydroxylamine groups is 1. The highest BCUT2D eigenvalue weighted by atomic mass is 35.5. The van der Waals surface area contributed by atoms with Gasteiger partial charge in [0.15, 0.2) is 11.5 Å². The molecule has 29 heavy (non-hydrogen) atoms. The fourth-order valence-electron chi connectivity index (χ4n) is 3.63. The van der Waals surface area contributed by atoms with Crippen molar-refractivity contribution >= 4 is 28.6 Å². The average Bonchev–Trinajstić information content (AvgIpc) is 3.36. The molecule has 2 aromatic rings. The molecule has 1 fully saturated rings. The Kier molecular flexibility index (Phi) is 5.67. The van der Waals surface area contributed by atoms with Gasteiger partial charge in [-0.25, -0.2) is 19.4 Å². The molecule has 0 bridgehead atoms. The number of H-pyrrole nitrogens is 1. The average molecular weight is 419 g/mol. The number of hydrogen-bond acceptors (Lipinski definition) is 5. The number of aromatic nitrogens is 3. The number of aromatic amines is 1. The smallest absolute Gasteiger partial charge is 0.178 e. The summed E-state index contributed by atoms with van der Waals surface area (Å²) in [6.07, 6.45) is 8.16. The van der Waals surface area contributed by atoms with E-state index in [0.29, 0.717) is 22.4 Å². The van der Waals surface area contributed by atoms with Gasteiger partial charge >= 0.3 is 0 Å². The van der Waals surface area contributed by atoms with Crippen molar-refractivity contribution in [2.45, 2.75) is 38.3 Å². The number of aliphatic imine (C=N–C) groups is 1. The van der Waals surface area contributed by atoms with Crippen molar-refractivity contribution in [1.29, 1.82) is 0 Å². The van der Waals surface area contributed by atoms with Crippen LogP contribution in [0.4, 0.5) is 4.39 Å². The van der Waals surface area contributed by atoms with Gasteiger partial charge in [0.25, 0.3) is 0 Å². The van der Waals surface area contributed by atoms with Crippen LogP contribution in [0.5, 0.6) is 0 Å². The molecule has 154 valence electrons. The number of halogens is 2. The molecule has 0 aromatic carbocycles. The van der Waals surface area contributed by atoms with Crippen molar-refractivity contribution in [3.63, 3.8) is 0 Å². The van der Waals surface area contributed by atoms with Crippen LogP contribution < -0.4 is 5.48 Å². The lowest BCUT2D eigenvalue weighted by molar-refractivity contribution is 0.235. The molecule has 3 N–H and O–H groups in total. The van der Waals surface area contributed by atoms with E-state index < -0.39 is 5.67 Å². The molecule has 7 nitrogen and oxygen atoms in total. The van der Waals surface area contributed by atoms with Crippen molar-refractivity contribution in [1.82, 2.24) is 25.3 Å². The van der Waals surface area contributed by atoms with E-state index in [1.54, 1.807) is 18.3 Å². The number of nitrogens with zero attached hydrogens (tertiary/aromatic N) is 4. The van der Waals surface area contributed by atoms with Crippen molar-refractivity contribution in [2.24, 2.45) is 4.99 Å². The van der Waals surface area contributed by atoms with Crippen LogP contribution in [-0.2, 0) is 6.42 Å². The number of alkyl halides is 1. The molecule has 1 aliphatic carbocycles. The Hall–Kier alpha value is -2.29. The van der Waals surface area contributed by atoms with Gasteiger partial charge in [-0.3, -0.25) is 10.7 Å². The summed E-state index contributed by atoms with van der Waals surface area (Å²) >= 11 is 6.03. The number of likely N-dealkylation sites (tertiary alicyclic amines) is 1. The number of amidine groups is 1. The van der Waals surface area contributed by atoms with Crippen LogP contribution in [0.25, 0.3) is 11.2 Å².